The van der Waals surface area contributed by atoms with Crippen molar-refractivity contribution in [2.24, 2.45) is 5.92 Å². The van der Waals surface area contributed by atoms with Crippen LogP contribution in [0.3, 0.4) is 0 Å². The van der Waals surface area contributed by atoms with Gasteiger partial charge in [0.1, 0.15) is 17.1 Å². The molecule has 2 rings (SSSR count). The number of benzene rings is 1. The van der Waals surface area contributed by atoms with E-state index in [1.807, 2.05) is 45.0 Å². The Balaban J connectivity index is 1.80. The third-order valence-electron chi connectivity index (χ3n) is 3.46. The number of hydrogen-bond acceptors (Lipinski definition) is 4. The molecule has 1 amide bonds. The van der Waals surface area contributed by atoms with Gasteiger partial charge in [0.25, 0.3) is 0 Å². The molecule has 5 heteroatoms. The van der Waals surface area contributed by atoms with E-state index in [0.717, 1.165) is 24.5 Å². The minimum Gasteiger partial charge on any atom is -0.497 e. The highest BCUT2D eigenvalue weighted by Crippen LogP contribution is 2.23. The molecular formula is C17H25NO4. The van der Waals surface area contributed by atoms with Crippen molar-refractivity contribution in [2.75, 3.05) is 26.8 Å². The van der Waals surface area contributed by atoms with E-state index in [9.17, 15) is 4.79 Å². The van der Waals surface area contributed by atoms with E-state index < -0.39 is 5.60 Å². The number of methoxy groups -OCH3 is 1. The topological polar surface area (TPSA) is 48.0 Å². The highest BCUT2D eigenvalue weighted by molar-refractivity contribution is 5.68. The van der Waals surface area contributed by atoms with Gasteiger partial charge in [0.05, 0.1) is 13.7 Å². The summed E-state index contributed by atoms with van der Waals surface area (Å²) in [5.41, 5.74) is -0.452. The Morgan fingerprint density at radius 1 is 1.32 bits per heavy atom. The molecule has 1 unspecified atom stereocenters. The molecule has 1 aliphatic rings. The molecule has 5 nitrogen and oxygen atoms in total. The molecule has 1 aromatic carbocycles. The van der Waals surface area contributed by atoms with E-state index in [-0.39, 0.29) is 6.09 Å². The molecule has 1 saturated heterocycles. The maximum Gasteiger partial charge on any atom is 0.410 e. The second kappa shape index (κ2) is 6.90. The zero-order valence-corrected chi connectivity index (χ0v) is 13.8. The summed E-state index contributed by atoms with van der Waals surface area (Å²) in [6.07, 6.45) is 0.694. The van der Waals surface area contributed by atoms with Gasteiger partial charge in [-0.15, -0.1) is 0 Å². The first-order valence-corrected chi connectivity index (χ1v) is 7.62. The lowest BCUT2D eigenvalue weighted by molar-refractivity contribution is 0.0285. The number of ether oxygens (including phenoxy) is 3. The number of carbonyl (C=O) groups is 1. The maximum absolute atomic E-state index is 12.0. The number of amides is 1. The molecule has 1 heterocycles. The minimum atomic E-state index is -0.452. The van der Waals surface area contributed by atoms with Crippen molar-refractivity contribution in [3.63, 3.8) is 0 Å². The molecule has 1 aromatic rings. The fraction of sp³-hybridized carbons (Fsp3) is 0.588. The molecule has 0 spiro atoms. The average molecular weight is 307 g/mol. The zero-order chi connectivity index (χ0) is 16.2. The first kappa shape index (κ1) is 16.5. The van der Waals surface area contributed by atoms with Crippen LogP contribution in [0, 0.1) is 5.92 Å². The summed E-state index contributed by atoms with van der Waals surface area (Å²) in [4.78, 5) is 13.8. The summed E-state index contributed by atoms with van der Waals surface area (Å²) < 4.78 is 16.4. The van der Waals surface area contributed by atoms with Gasteiger partial charge in [0.2, 0.25) is 0 Å². The van der Waals surface area contributed by atoms with Crippen LogP contribution in [0.4, 0.5) is 4.79 Å². The van der Waals surface area contributed by atoms with Gasteiger partial charge < -0.3 is 19.1 Å². The number of nitrogens with zero attached hydrogens (tertiary/aromatic N) is 1. The molecule has 0 bridgehead atoms. The zero-order valence-electron chi connectivity index (χ0n) is 13.8. The number of carbonyl (C=O) groups excluding carboxylic acids is 1. The fourth-order valence-corrected chi connectivity index (χ4v) is 2.37. The molecule has 0 saturated carbocycles. The summed E-state index contributed by atoms with van der Waals surface area (Å²) in [5, 5.41) is 0. The number of hydrogen-bond donors (Lipinski definition) is 0. The SMILES string of the molecule is COc1cccc(OCC2CCN(C(=O)OC(C)(C)C)C2)c1. The van der Waals surface area contributed by atoms with E-state index >= 15 is 0 Å². The highest BCUT2D eigenvalue weighted by Gasteiger charge is 2.30. The first-order chi connectivity index (χ1) is 10.4. The summed E-state index contributed by atoms with van der Waals surface area (Å²) in [5.74, 6) is 1.90. The van der Waals surface area contributed by atoms with Gasteiger partial charge in [-0.05, 0) is 39.3 Å². The predicted molar refractivity (Wildman–Crippen MR) is 84.4 cm³/mol. The van der Waals surface area contributed by atoms with Crippen LogP contribution in [0.1, 0.15) is 27.2 Å². The fourth-order valence-electron chi connectivity index (χ4n) is 2.37. The van der Waals surface area contributed by atoms with E-state index in [4.69, 9.17) is 14.2 Å². The molecule has 1 atom stereocenters. The van der Waals surface area contributed by atoms with Crippen LogP contribution in [0.5, 0.6) is 11.5 Å². The Labute approximate surface area is 132 Å². The Bertz CT molecular complexity index is 510. The largest absolute Gasteiger partial charge is 0.497 e. The van der Waals surface area contributed by atoms with Crippen molar-refractivity contribution in [1.82, 2.24) is 4.90 Å². The van der Waals surface area contributed by atoms with Crippen molar-refractivity contribution in [3.05, 3.63) is 24.3 Å². The lowest BCUT2D eigenvalue weighted by Crippen LogP contribution is -2.35. The van der Waals surface area contributed by atoms with Gasteiger partial charge in [-0.2, -0.15) is 0 Å². The normalized spacial score (nSPS) is 18.2. The molecule has 1 fully saturated rings. The second-order valence-electron chi connectivity index (χ2n) is 6.57. The van der Waals surface area contributed by atoms with Gasteiger partial charge in [-0.1, -0.05) is 6.07 Å². The van der Waals surface area contributed by atoms with Crippen molar-refractivity contribution < 1.29 is 19.0 Å². The minimum absolute atomic E-state index is 0.239. The van der Waals surface area contributed by atoms with Crippen LogP contribution in [0.25, 0.3) is 0 Å². The standard InChI is InChI=1S/C17H25NO4/c1-17(2,3)22-16(19)18-9-8-13(11-18)12-21-15-7-5-6-14(10-15)20-4/h5-7,10,13H,8-9,11-12H2,1-4H3. The van der Waals surface area contributed by atoms with Crippen LogP contribution in [-0.2, 0) is 4.74 Å². The summed E-state index contributed by atoms with van der Waals surface area (Å²) >= 11 is 0. The van der Waals surface area contributed by atoms with E-state index in [0.29, 0.717) is 19.1 Å². The summed E-state index contributed by atoms with van der Waals surface area (Å²) in [6, 6.07) is 7.55. The van der Waals surface area contributed by atoms with Crippen molar-refractivity contribution >= 4 is 6.09 Å². The molecule has 0 aliphatic carbocycles. The number of likely N-dealkylation sites (tertiary alicyclic amines) is 1. The molecule has 1 aliphatic heterocycles. The van der Waals surface area contributed by atoms with Crippen LogP contribution in [0.15, 0.2) is 24.3 Å². The Morgan fingerprint density at radius 3 is 2.73 bits per heavy atom. The van der Waals surface area contributed by atoms with Crippen molar-refractivity contribution in [1.29, 1.82) is 0 Å². The third kappa shape index (κ3) is 4.83. The van der Waals surface area contributed by atoms with Gasteiger partial charge in [0.15, 0.2) is 0 Å². The molecule has 22 heavy (non-hydrogen) atoms. The first-order valence-electron chi connectivity index (χ1n) is 7.62. The predicted octanol–water partition coefficient (Wildman–Crippen LogP) is 3.33. The third-order valence-corrected chi connectivity index (χ3v) is 3.46. The molecule has 0 radical (unpaired) electrons. The van der Waals surface area contributed by atoms with Crippen LogP contribution >= 0.6 is 0 Å². The molecular weight excluding hydrogens is 282 g/mol. The van der Waals surface area contributed by atoms with Gasteiger partial charge in [-0.3, -0.25) is 0 Å². The van der Waals surface area contributed by atoms with E-state index in [1.165, 1.54) is 0 Å². The van der Waals surface area contributed by atoms with Gasteiger partial charge in [0, 0.05) is 25.1 Å². The molecule has 0 aromatic heterocycles. The summed E-state index contributed by atoms with van der Waals surface area (Å²) in [6.45, 7) is 7.63. The van der Waals surface area contributed by atoms with Crippen molar-refractivity contribution in [2.45, 2.75) is 32.8 Å². The van der Waals surface area contributed by atoms with E-state index in [1.54, 1.807) is 12.0 Å². The second-order valence-corrected chi connectivity index (χ2v) is 6.57. The Kier molecular flexibility index (Phi) is 5.16. The smallest absolute Gasteiger partial charge is 0.410 e. The van der Waals surface area contributed by atoms with Gasteiger partial charge in [-0.25, -0.2) is 4.79 Å². The van der Waals surface area contributed by atoms with Crippen LogP contribution in [-0.4, -0.2) is 43.4 Å². The summed E-state index contributed by atoms with van der Waals surface area (Å²) in [7, 11) is 1.63. The quantitative estimate of drug-likeness (QED) is 0.856. The maximum atomic E-state index is 12.0. The van der Waals surface area contributed by atoms with Gasteiger partial charge >= 0.3 is 6.09 Å². The molecule has 0 N–H and O–H groups in total. The Morgan fingerprint density at radius 2 is 2.05 bits per heavy atom. The lowest BCUT2D eigenvalue weighted by Gasteiger charge is -2.24. The van der Waals surface area contributed by atoms with Crippen LogP contribution in [0.2, 0.25) is 0 Å². The molecule has 122 valence electrons. The Hall–Kier alpha value is -1.91. The van der Waals surface area contributed by atoms with Crippen molar-refractivity contribution in [3.8, 4) is 11.5 Å². The average Bonchev–Trinajstić information content (AvgIpc) is 2.92. The monoisotopic (exact) mass is 307 g/mol. The van der Waals surface area contributed by atoms with E-state index in [2.05, 4.69) is 0 Å². The van der Waals surface area contributed by atoms with Crippen LogP contribution < -0.4 is 9.47 Å². The highest BCUT2D eigenvalue weighted by atomic mass is 16.6. The lowest BCUT2D eigenvalue weighted by atomic mass is 10.1. The number of rotatable bonds is 4.